The molecule has 0 heterocycles. The first-order chi connectivity index (χ1) is 8.21. The summed E-state index contributed by atoms with van der Waals surface area (Å²) in [5.41, 5.74) is 2.17. The number of anilines is 1. The topological polar surface area (TPSA) is 20.3 Å². The Morgan fingerprint density at radius 3 is 2.35 bits per heavy atom. The third-order valence-electron chi connectivity index (χ3n) is 2.30. The number of unbranched alkanes of at least 4 members (excludes halogenated alkanes) is 1. The molecule has 0 saturated carbocycles. The highest BCUT2D eigenvalue weighted by Crippen LogP contribution is 2.18. The Hall–Kier alpha value is -1.02. The van der Waals surface area contributed by atoms with Gasteiger partial charge in [0.25, 0.3) is 0 Å². The zero-order valence-electron chi connectivity index (χ0n) is 10.9. The molecule has 1 rings (SSSR count). The van der Waals surface area contributed by atoms with Gasteiger partial charge in [-0.25, -0.2) is 0 Å². The quantitative estimate of drug-likeness (QED) is 0.575. The van der Waals surface area contributed by atoms with E-state index in [-0.39, 0.29) is 0 Å². The van der Waals surface area contributed by atoms with E-state index in [1.165, 1.54) is 0 Å². The van der Waals surface area contributed by atoms with Crippen LogP contribution in [0.3, 0.4) is 0 Å². The number of hydrogen-bond donors (Lipinski definition) is 0. The van der Waals surface area contributed by atoms with Gasteiger partial charge in [-0.3, -0.25) is 4.79 Å². The minimum absolute atomic E-state index is 0.722. The molecule has 2 nitrogen and oxygen atoms in total. The Balaban J connectivity index is 0.000000770. The van der Waals surface area contributed by atoms with Crippen LogP contribution in [-0.4, -0.2) is 18.8 Å². The lowest BCUT2D eigenvalue weighted by molar-refractivity contribution is -0.107. The molecule has 1 aromatic rings. The third-order valence-corrected chi connectivity index (χ3v) is 2.30. The molecule has 0 radical (unpaired) electrons. The maximum atomic E-state index is 10.9. The van der Waals surface area contributed by atoms with E-state index in [2.05, 4.69) is 6.92 Å². The lowest BCUT2D eigenvalue weighted by atomic mass is 10.2. The summed E-state index contributed by atoms with van der Waals surface area (Å²) in [5, 5.41) is 0. The van der Waals surface area contributed by atoms with Crippen molar-refractivity contribution in [3.63, 3.8) is 0 Å². The average molecular weight is 256 g/mol. The van der Waals surface area contributed by atoms with Crippen LogP contribution in [0.15, 0.2) is 24.3 Å². The first kappa shape index (κ1) is 16.0. The van der Waals surface area contributed by atoms with Crippen molar-refractivity contribution in [1.29, 1.82) is 0 Å². The number of carbonyl (C=O) groups excluding carboxylic acids is 1. The van der Waals surface area contributed by atoms with E-state index in [9.17, 15) is 4.79 Å². The number of hydrogen-bond acceptors (Lipinski definition) is 1. The van der Waals surface area contributed by atoms with Gasteiger partial charge in [-0.05, 0) is 25.0 Å². The maximum Gasteiger partial charge on any atom is 0.214 e. The van der Waals surface area contributed by atoms with Crippen molar-refractivity contribution in [3.8, 4) is 0 Å². The number of halogens is 1. The van der Waals surface area contributed by atoms with Crippen LogP contribution < -0.4 is 4.90 Å². The first-order valence-corrected chi connectivity index (χ1v) is 6.58. The molecule has 1 aromatic carbocycles. The second kappa shape index (κ2) is 10.2. The van der Waals surface area contributed by atoms with Crippen LogP contribution in [-0.2, 0) is 4.79 Å². The van der Waals surface area contributed by atoms with Gasteiger partial charge < -0.3 is 4.90 Å². The predicted molar refractivity (Wildman–Crippen MR) is 75.9 cm³/mol. The van der Waals surface area contributed by atoms with Crippen molar-refractivity contribution in [1.82, 2.24) is 0 Å². The molecular weight excluding hydrogens is 234 g/mol. The number of nitrogens with zero attached hydrogens (tertiary/aromatic N) is 1. The summed E-state index contributed by atoms with van der Waals surface area (Å²) in [4.78, 5) is 12.7. The summed E-state index contributed by atoms with van der Waals surface area (Å²) in [6, 6.07) is 7.96. The van der Waals surface area contributed by atoms with Crippen LogP contribution in [0.5, 0.6) is 0 Å². The number of amides is 1. The van der Waals surface area contributed by atoms with E-state index in [0.717, 1.165) is 42.9 Å². The van der Waals surface area contributed by atoms with E-state index < -0.39 is 0 Å². The number of rotatable bonds is 5. The van der Waals surface area contributed by atoms with Gasteiger partial charge in [0.05, 0.1) is 0 Å². The molecule has 0 aliphatic rings. The molecule has 0 N–H and O–H groups in total. The van der Waals surface area contributed by atoms with Gasteiger partial charge in [-0.15, -0.1) is 11.6 Å². The lowest BCUT2D eigenvalue weighted by Crippen LogP contribution is -2.22. The fourth-order valence-corrected chi connectivity index (χ4v) is 1.44. The molecule has 0 aliphatic heterocycles. The van der Waals surface area contributed by atoms with Crippen molar-refractivity contribution < 1.29 is 4.79 Å². The summed E-state index contributed by atoms with van der Waals surface area (Å²) in [6.45, 7) is 6.85. The van der Waals surface area contributed by atoms with E-state index in [4.69, 9.17) is 11.6 Å². The minimum Gasteiger partial charge on any atom is -0.315 e. The fraction of sp³-hybridized carbons (Fsp3) is 0.500. The largest absolute Gasteiger partial charge is 0.315 e. The Labute approximate surface area is 110 Å². The zero-order chi connectivity index (χ0) is 13.1. The van der Waals surface area contributed by atoms with Gasteiger partial charge in [-0.2, -0.15) is 0 Å². The molecular formula is C14H22ClNO. The smallest absolute Gasteiger partial charge is 0.214 e. The van der Waals surface area contributed by atoms with E-state index in [0.29, 0.717) is 0 Å². The van der Waals surface area contributed by atoms with Crippen LogP contribution in [0.1, 0.15) is 32.3 Å². The third kappa shape index (κ3) is 6.32. The Morgan fingerprint density at radius 2 is 1.88 bits per heavy atom. The number of benzene rings is 1. The molecule has 0 unspecified atom stereocenters. The minimum atomic E-state index is 0.722. The highest BCUT2D eigenvalue weighted by Gasteiger charge is 2.05. The zero-order valence-corrected chi connectivity index (χ0v) is 11.7. The highest BCUT2D eigenvalue weighted by molar-refractivity contribution is 6.17. The van der Waals surface area contributed by atoms with E-state index in [1.54, 1.807) is 4.90 Å². The number of aryl methyl sites for hydroxylation is 1. The van der Waals surface area contributed by atoms with Crippen molar-refractivity contribution >= 4 is 23.7 Å². The Bertz CT molecular complexity index is 315. The molecule has 0 saturated heterocycles. The van der Waals surface area contributed by atoms with Crippen molar-refractivity contribution in [2.45, 2.75) is 33.6 Å². The highest BCUT2D eigenvalue weighted by atomic mass is 35.5. The van der Waals surface area contributed by atoms with E-state index in [1.807, 2.05) is 38.1 Å². The molecule has 96 valence electrons. The average Bonchev–Trinajstić information content (AvgIpc) is 2.33. The Morgan fingerprint density at radius 1 is 1.29 bits per heavy atom. The number of alkyl halides is 1. The number of para-hydroxylation sites is 1. The maximum absolute atomic E-state index is 10.9. The van der Waals surface area contributed by atoms with Gasteiger partial charge >= 0.3 is 0 Å². The molecule has 0 spiro atoms. The molecule has 0 aliphatic carbocycles. The van der Waals surface area contributed by atoms with E-state index >= 15 is 0 Å². The van der Waals surface area contributed by atoms with Crippen LogP contribution in [0, 0.1) is 6.92 Å². The lowest BCUT2D eigenvalue weighted by Gasteiger charge is -2.18. The molecule has 0 bridgehead atoms. The Kier molecular flexibility index (Phi) is 9.55. The molecule has 0 fully saturated rings. The molecule has 3 heteroatoms. The van der Waals surface area contributed by atoms with Crippen LogP contribution in [0.4, 0.5) is 5.69 Å². The van der Waals surface area contributed by atoms with Crippen LogP contribution in [0.2, 0.25) is 0 Å². The van der Waals surface area contributed by atoms with Gasteiger partial charge in [0.1, 0.15) is 0 Å². The fourth-order valence-electron chi connectivity index (χ4n) is 1.44. The van der Waals surface area contributed by atoms with Crippen molar-refractivity contribution in [2.75, 3.05) is 17.3 Å². The van der Waals surface area contributed by atoms with Gasteiger partial charge in [-0.1, -0.05) is 38.5 Å². The SMILES string of the molecule is CCCCN(C=O)c1ccccc1C.CCCl. The van der Waals surface area contributed by atoms with Crippen LogP contribution >= 0.6 is 11.6 Å². The summed E-state index contributed by atoms with van der Waals surface area (Å²) < 4.78 is 0. The van der Waals surface area contributed by atoms with Gasteiger partial charge in [0, 0.05) is 18.1 Å². The second-order valence-corrected chi connectivity index (χ2v) is 4.24. The molecule has 1 amide bonds. The molecule has 0 aromatic heterocycles. The van der Waals surface area contributed by atoms with Crippen molar-refractivity contribution in [2.24, 2.45) is 0 Å². The second-order valence-electron chi connectivity index (χ2n) is 3.71. The summed E-state index contributed by atoms with van der Waals surface area (Å²) in [6.07, 6.45) is 3.07. The predicted octanol–water partition coefficient (Wildman–Crippen LogP) is 4.00. The summed E-state index contributed by atoms with van der Waals surface area (Å²) >= 11 is 5.00. The summed E-state index contributed by atoms with van der Waals surface area (Å²) in [7, 11) is 0. The van der Waals surface area contributed by atoms with Crippen LogP contribution in [0.25, 0.3) is 0 Å². The number of carbonyl (C=O) groups is 1. The molecule has 0 atom stereocenters. The molecule has 17 heavy (non-hydrogen) atoms. The monoisotopic (exact) mass is 255 g/mol. The van der Waals surface area contributed by atoms with Crippen molar-refractivity contribution in [3.05, 3.63) is 29.8 Å². The van der Waals surface area contributed by atoms with Gasteiger partial charge in [0.15, 0.2) is 0 Å². The normalized spacial score (nSPS) is 9.18. The first-order valence-electron chi connectivity index (χ1n) is 6.04. The van der Waals surface area contributed by atoms with Gasteiger partial charge in [0.2, 0.25) is 6.41 Å². The standard InChI is InChI=1S/C12H17NO.C2H5Cl/c1-3-4-9-13(10-14)12-8-6-5-7-11(12)2;1-2-3/h5-8,10H,3-4,9H2,1-2H3;2H2,1H3. The summed E-state index contributed by atoms with van der Waals surface area (Å²) in [5.74, 6) is 0.722.